The average molecular weight is 366 g/mol. The van der Waals surface area contributed by atoms with Crippen molar-refractivity contribution in [2.75, 3.05) is 6.26 Å². The molecule has 0 spiro atoms. The van der Waals surface area contributed by atoms with E-state index in [1.165, 1.54) is 0 Å². The number of aromatic nitrogens is 2. The highest BCUT2D eigenvalue weighted by molar-refractivity contribution is 7.89. The van der Waals surface area contributed by atoms with E-state index >= 15 is 0 Å². The van der Waals surface area contributed by atoms with Crippen LogP contribution in [-0.4, -0.2) is 29.9 Å². The van der Waals surface area contributed by atoms with Crippen LogP contribution in [0.3, 0.4) is 0 Å². The van der Waals surface area contributed by atoms with E-state index in [2.05, 4.69) is 10.1 Å². The smallest absolute Gasteiger partial charge is 0.258 e. The zero-order valence-electron chi connectivity index (χ0n) is 15.8. The summed E-state index contributed by atoms with van der Waals surface area (Å²) in [5.74, 6) is 0.240. The Labute approximate surface area is 149 Å². The fraction of sp³-hybridized carbons (Fsp3) is 0.556. The summed E-state index contributed by atoms with van der Waals surface area (Å²) in [5, 5.41) is 14.7. The molecule has 0 atom stereocenters. The topological polar surface area (TPSA) is 93.3 Å². The van der Waals surface area contributed by atoms with E-state index in [1.807, 2.05) is 53.7 Å². The van der Waals surface area contributed by atoms with Gasteiger partial charge < -0.3 is 9.63 Å². The highest BCUT2D eigenvalue weighted by Gasteiger charge is 2.30. The number of rotatable bonds is 3. The second-order valence-electron chi connectivity index (χ2n) is 8.47. The van der Waals surface area contributed by atoms with Gasteiger partial charge in [0.2, 0.25) is 0 Å². The van der Waals surface area contributed by atoms with Gasteiger partial charge in [0.15, 0.2) is 15.7 Å². The molecule has 0 fully saturated rings. The minimum Gasteiger partial charge on any atom is -0.507 e. The second-order valence-corrected chi connectivity index (χ2v) is 10.6. The van der Waals surface area contributed by atoms with Gasteiger partial charge >= 0.3 is 0 Å². The number of phenolic OH excluding ortho intramolecular Hbond substituents is 1. The number of hydrogen-bond acceptors (Lipinski definition) is 6. The molecular formula is C18H26N2O4S. The molecule has 6 nitrogen and oxygen atoms in total. The van der Waals surface area contributed by atoms with Gasteiger partial charge in [0.05, 0.1) is 0 Å². The van der Waals surface area contributed by atoms with Gasteiger partial charge in [0, 0.05) is 17.4 Å². The average Bonchev–Trinajstić information content (AvgIpc) is 2.81. The molecule has 138 valence electrons. The first-order valence-corrected chi connectivity index (χ1v) is 10.1. The summed E-state index contributed by atoms with van der Waals surface area (Å²) in [6.45, 7) is 12.1. The lowest BCUT2D eigenvalue weighted by Gasteiger charge is -2.28. The molecule has 0 radical (unpaired) electrons. The predicted octanol–water partition coefficient (Wildman–Crippen LogP) is 3.58. The van der Waals surface area contributed by atoms with E-state index in [-0.39, 0.29) is 34.0 Å². The van der Waals surface area contributed by atoms with Crippen molar-refractivity contribution in [1.29, 1.82) is 0 Å². The van der Waals surface area contributed by atoms with Gasteiger partial charge in [-0.3, -0.25) is 0 Å². The summed E-state index contributed by atoms with van der Waals surface area (Å²) >= 11 is 0. The molecule has 1 aromatic heterocycles. The van der Waals surface area contributed by atoms with Gasteiger partial charge in [0.1, 0.15) is 11.5 Å². The Morgan fingerprint density at radius 2 is 1.68 bits per heavy atom. The van der Waals surface area contributed by atoms with Crippen molar-refractivity contribution in [3.63, 3.8) is 0 Å². The van der Waals surface area contributed by atoms with Crippen LogP contribution in [0.1, 0.15) is 58.5 Å². The van der Waals surface area contributed by atoms with E-state index in [9.17, 15) is 13.5 Å². The lowest BCUT2D eigenvalue weighted by atomic mass is 9.77. The Morgan fingerprint density at radius 3 is 2.16 bits per heavy atom. The molecule has 25 heavy (non-hydrogen) atoms. The zero-order chi connectivity index (χ0) is 19.2. The van der Waals surface area contributed by atoms with Crippen molar-refractivity contribution in [2.45, 2.75) is 58.1 Å². The molecule has 0 saturated heterocycles. The highest BCUT2D eigenvalue weighted by atomic mass is 32.2. The van der Waals surface area contributed by atoms with Crippen molar-refractivity contribution < 1.29 is 18.0 Å². The maximum atomic E-state index is 11.4. The van der Waals surface area contributed by atoms with Crippen molar-refractivity contribution in [3.05, 3.63) is 29.1 Å². The molecule has 1 aromatic carbocycles. The molecular weight excluding hydrogens is 340 g/mol. The third-order valence-corrected chi connectivity index (χ3v) is 4.61. The van der Waals surface area contributed by atoms with Crippen LogP contribution < -0.4 is 0 Å². The van der Waals surface area contributed by atoms with Crippen LogP contribution in [0.5, 0.6) is 5.75 Å². The monoisotopic (exact) mass is 366 g/mol. The third-order valence-electron chi connectivity index (χ3n) is 3.83. The van der Waals surface area contributed by atoms with Gasteiger partial charge in [-0.15, -0.1) is 0 Å². The van der Waals surface area contributed by atoms with Crippen LogP contribution in [0.15, 0.2) is 16.7 Å². The van der Waals surface area contributed by atoms with E-state index in [4.69, 9.17) is 4.52 Å². The molecule has 0 unspecified atom stereocenters. The summed E-state index contributed by atoms with van der Waals surface area (Å²) in [4.78, 5) is 4.20. The molecule has 7 heteroatoms. The molecule has 0 bridgehead atoms. The number of aromatic hydroxyl groups is 1. The Hall–Kier alpha value is -1.89. The molecule has 0 amide bonds. The van der Waals surface area contributed by atoms with Gasteiger partial charge in [-0.2, -0.15) is 4.98 Å². The van der Waals surface area contributed by atoms with E-state index in [1.54, 1.807) is 0 Å². The molecule has 1 N–H and O–H groups in total. The summed E-state index contributed by atoms with van der Waals surface area (Å²) < 4.78 is 28.1. The Kier molecular flexibility index (Phi) is 4.76. The first-order valence-electron chi connectivity index (χ1n) is 8.08. The number of benzene rings is 1. The normalized spacial score (nSPS) is 13.2. The first kappa shape index (κ1) is 19.4. The van der Waals surface area contributed by atoms with Gasteiger partial charge in [0.25, 0.3) is 5.89 Å². The molecule has 0 aliphatic rings. The third kappa shape index (κ3) is 4.39. The Bertz CT molecular complexity index is 885. The van der Waals surface area contributed by atoms with Crippen molar-refractivity contribution in [1.82, 2.24) is 10.1 Å². The van der Waals surface area contributed by atoms with Gasteiger partial charge in [-0.05, 0) is 22.5 Å². The standard InChI is InChI=1S/C18H26N2O4S/c1-17(2,3)12-9-8-11(14(15(12)21)18(4,5)6)16-19-13(20-24-16)10-25(7,22)23/h8-9,21H,10H2,1-7H3. The largest absolute Gasteiger partial charge is 0.507 e. The fourth-order valence-electron chi connectivity index (χ4n) is 2.79. The van der Waals surface area contributed by atoms with Crippen molar-refractivity contribution in [3.8, 4) is 17.2 Å². The number of sulfone groups is 1. The quantitative estimate of drug-likeness (QED) is 0.892. The predicted molar refractivity (Wildman–Crippen MR) is 97.3 cm³/mol. The zero-order valence-corrected chi connectivity index (χ0v) is 16.7. The van der Waals surface area contributed by atoms with E-state index in [0.29, 0.717) is 11.1 Å². The molecule has 2 rings (SSSR count). The highest BCUT2D eigenvalue weighted by Crippen LogP contribution is 2.43. The van der Waals surface area contributed by atoms with E-state index < -0.39 is 9.84 Å². The van der Waals surface area contributed by atoms with Crippen LogP contribution >= 0.6 is 0 Å². The van der Waals surface area contributed by atoms with Crippen LogP contribution in [0.25, 0.3) is 11.5 Å². The lowest BCUT2D eigenvalue weighted by molar-refractivity contribution is 0.413. The van der Waals surface area contributed by atoms with Crippen molar-refractivity contribution in [2.24, 2.45) is 0 Å². The summed E-state index contributed by atoms with van der Waals surface area (Å²) in [7, 11) is -3.25. The maximum Gasteiger partial charge on any atom is 0.258 e. The molecule has 0 aliphatic carbocycles. The Morgan fingerprint density at radius 1 is 1.08 bits per heavy atom. The van der Waals surface area contributed by atoms with Gasteiger partial charge in [-0.1, -0.05) is 52.8 Å². The minimum absolute atomic E-state index is 0.108. The second kappa shape index (κ2) is 6.12. The summed E-state index contributed by atoms with van der Waals surface area (Å²) in [6, 6.07) is 3.69. The first-order chi connectivity index (χ1) is 11.2. The lowest BCUT2D eigenvalue weighted by Crippen LogP contribution is -2.18. The van der Waals surface area contributed by atoms with Crippen LogP contribution in [0, 0.1) is 0 Å². The summed E-state index contributed by atoms with van der Waals surface area (Å²) in [6.07, 6.45) is 1.12. The number of nitrogens with zero attached hydrogens (tertiary/aromatic N) is 2. The maximum absolute atomic E-state index is 11.4. The molecule has 0 saturated carbocycles. The van der Waals surface area contributed by atoms with Crippen LogP contribution in [0.4, 0.5) is 0 Å². The molecule has 0 aliphatic heterocycles. The number of phenols is 1. The molecule has 2 aromatic rings. The van der Waals surface area contributed by atoms with Crippen LogP contribution in [0.2, 0.25) is 0 Å². The van der Waals surface area contributed by atoms with Crippen molar-refractivity contribution >= 4 is 9.84 Å². The SMILES string of the molecule is CC(C)(C)c1ccc(-c2nc(CS(C)(=O)=O)no2)c(C(C)(C)C)c1O. The molecule has 1 heterocycles. The number of hydrogen-bond donors (Lipinski definition) is 1. The fourth-order valence-corrected chi connectivity index (χ4v) is 3.38. The van der Waals surface area contributed by atoms with E-state index in [0.717, 1.165) is 11.8 Å². The Balaban J connectivity index is 2.65. The minimum atomic E-state index is -3.25. The summed E-state index contributed by atoms with van der Waals surface area (Å²) in [5.41, 5.74) is 1.56. The van der Waals surface area contributed by atoms with Crippen LogP contribution in [-0.2, 0) is 26.4 Å². The van der Waals surface area contributed by atoms with Gasteiger partial charge in [-0.25, -0.2) is 8.42 Å².